The normalized spacial score (nSPS) is 10.4. The summed E-state index contributed by atoms with van der Waals surface area (Å²) in [5, 5.41) is 8.38. The third kappa shape index (κ3) is 3.08. The molecule has 1 N–H and O–H groups in total. The Hall–Kier alpha value is -1.00. The fraction of sp³-hybridized carbons (Fsp3) is 0.333. The molecule has 0 aliphatic rings. The van der Waals surface area contributed by atoms with Crippen LogP contribution < -0.4 is 0 Å². The van der Waals surface area contributed by atoms with Gasteiger partial charge in [-0.3, -0.25) is 0 Å². The van der Waals surface area contributed by atoms with Crippen LogP contribution in [-0.4, -0.2) is 18.3 Å². The molecular weight excluding hydrogens is 178 g/mol. The highest BCUT2D eigenvalue weighted by Crippen LogP contribution is 2.10. The van der Waals surface area contributed by atoms with Crippen LogP contribution in [-0.2, 0) is 11.3 Å². The summed E-state index contributed by atoms with van der Waals surface area (Å²) in [6, 6.07) is 3.29. The maximum Gasteiger partial charge on any atom is 0.131 e. The van der Waals surface area contributed by atoms with E-state index >= 15 is 0 Å². The lowest BCUT2D eigenvalue weighted by Gasteiger charge is -2.03. The molecule has 0 atom stereocenters. The standard InChI is InChI=1S/C9H10F2O2/c10-8-2-1-7(9(11)5-8)6-13-4-3-12/h1-2,5,12H,3-4,6H2. The molecule has 1 aromatic rings. The summed E-state index contributed by atoms with van der Waals surface area (Å²) in [4.78, 5) is 0. The van der Waals surface area contributed by atoms with Crippen molar-refractivity contribution in [1.29, 1.82) is 0 Å². The van der Waals surface area contributed by atoms with Gasteiger partial charge in [0.25, 0.3) is 0 Å². The maximum absolute atomic E-state index is 12.9. The first kappa shape index (κ1) is 10.1. The lowest BCUT2D eigenvalue weighted by molar-refractivity contribution is 0.0799. The summed E-state index contributed by atoms with van der Waals surface area (Å²) in [6.07, 6.45) is 0. The first-order valence-corrected chi connectivity index (χ1v) is 3.86. The molecule has 0 fully saturated rings. The van der Waals surface area contributed by atoms with Crippen molar-refractivity contribution in [3.05, 3.63) is 35.4 Å². The minimum atomic E-state index is -0.627. The first-order chi connectivity index (χ1) is 6.24. The molecule has 0 saturated carbocycles. The van der Waals surface area contributed by atoms with Crippen LogP contribution in [0.1, 0.15) is 5.56 Å². The average Bonchev–Trinajstić information content (AvgIpc) is 2.09. The van der Waals surface area contributed by atoms with Crippen LogP contribution in [0.15, 0.2) is 18.2 Å². The second-order valence-corrected chi connectivity index (χ2v) is 2.51. The van der Waals surface area contributed by atoms with Crippen LogP contribution in [0, 0.1) is 11.6 Å². The van der Waals surface area contributed by atoms with E-state index < -0.39 is 11.6 Å². The first-order valence-electron chi connectivity index (χ1n) is 3.86. The number of ether oxygens (including phenoxy) is 1. The van der Waals surface area contributed by atoms with E-state index in [0.717, 1.165) is 6.07 Å². The zero-order valence-corrected chi connectivity index (χ0v) is 6.96. The maximum atomic E-state index is 12.9. The zero-order valence-electron chi connectivity index (χ0n) is 6.96. The monoisotopic (exact) mass is 188 g/mol. The largest absolute Gasteiger partial charge is 0.394 e. The quantitative estimate of drug-likeness (QED) is 0.725. The van der Waals surface area contributed by atoms with Crippen molar-refractivity contribution in [1.82, 2.24) is 0 Å². The average molecular weight is 188 g/mol. The van der Waals surface area contributed by atoms with Crippen molar-refractivity contribution < 1.29 is 18.6 Å². The Morgan fingerprint density at radius 1 is 1.31 bits per heavy atom. The van der Waals surface area contributed by atoms with Gasteiger partial charge in [-0.25, -0.2) is 8.78 Å². The van der Waals surface area contributed by atoms with Gasteiger partial charge in [-0.05, 0) is 6.07 Å². The van der Waals surface area contributed by atoms with Gasteiger partial charge in [0.2, 0.25) is 0 Å². The molecule has 0 bridgehead atoms. The van der Waals surface area contributed by atoms with Crippen molar-refractivity contribution in [2.75, 3.05) is 13.2 Å². The van der Waals surface area contributed by atoms with Crippen LogP contribution in [0.3, 0.4) is 0 Å². The van der Waals surface area contributed by atoms with Crippen LogP contribution in [0.5, 0.6) is 0 Å². The highest BCUT2D eigenvalue weighted by Gasteiger charge is 2.02. The molecule has 0 radical (unpaired) electrons. The summed E-state index contributed by atoms with van der Waals surface area (Å²) in [7, 11) is 0. The number of hydrogen-bond acceptors (Lipinski definition) is 2. The van der Waals surface area contributed by atoms with Gasteiger partial charge in [-0.15, -0.1) is 0 Å². The van der Waals surface area contributed by atoms with E-state index in [1.165, 1.54) is 12.1 Å². The molecule has 0 spiro atoms. The molecule has 0 aromatic heterocycles. The smallest absolute Gasteiger partial charge is 0.131 e. The summed E-state index contributed by atoms with van der Waals surface area (Å²) >= 11 is 0. The Morgan fingerprint density at radius 3 is 2.69 bits per heavy atom. The van der Waals surface area contributed by atoms with E-state index in [2.05, 4.69) is 0 Å². The number of rotatable bonds is 4. The molecule has 0 saturated heterocycles. The molecule has 72 valence electrons. The fourth-order valence-electron chi connectivity index (χ4n) is 0.885. The van der Waals surface area contributed by atoms with Crippen LogP contribution in [0.2, 0.25) is 0 Å². The van der Waals surface area contributed by atoms with E-state index in [1.54, 1.807) is 0 Å². The Morgan fingerprint density at radius 2 is 2.08 bits per heavy atom. The minimum absolute atomic E-state index is 0.0483. The molecule has 4 heteroatoms. The Labute approximate surface area is 74.8 Å². The number of aliphatic hydroxyl groups is 1. The SMILES string of the molecule is OCCOCc1ccc(F)cc1F. The van der Waals surface area contributed by atoms with Crippen molar-refractivity contribution in [3.63, 3.8) is 0 Å². The van der Waals surface area contributed by atoms with Crippen LogP contribution in [0.25, 0.3) is 0 Å². The Kier molecular flexibility index (Phi) is 3.79. The molecule has 0 aliphatic carbocycles. The number of halogens is 2. The third-order valence-corrected chi connectivity index (χ3v) is 1.51. The van der Waals surface area contributed by atoms with Crippen LogP contribution >= 0.6 is 0 Å². The van der Waals surface area contributed by atoms with Gasteiger partial charge >= 0.3 is 0 Å². The van der Waals surface area contributed by atoms with Crippen LogP contribution in [0.4, 0.5) is 8.78 Å². The van der Waals surface area contributed by atoms with Gasteiger partial charge in [0.05, 0.1) is 19.8 Å². The lowest BCUT2D eigenvalue weighted by Crippen LogP contribution is -2.01. The number of benzene rings is 1. The van der Waals surface area contributed by atoms with Crippen molar-refractivity contribution in [3.8, 4) is 0 Å². The molecule has 1 rings (SSSR count). The fourth-order valence-corrected chi connectivity index (χ4v) is 0.885. The summed E-state index contributed by atoms with van der Waals surface area (Å²) in [5.41, 5.74) is 0.287. The highest BCUT2D eigenvalue weighted by molar-refractivity contribution is 5.17. The van der Waals surface area contributed by atoms with E-state index in [1.807, 2.05) is 0 Å². The molecule has 0 heterocycles. The summed E-state index contributed by atoms with van der Waals surface area (Å²) in [6.45, 7) is 0.0896. The number of aliphatic hydroxyl groups excluding tert-OH is 1. The van der Waals surface area contributed by atoms with E-state index in [9.17, 15) is 8.78 Å². The van der Waals surface area contributed by atoms with E-state index in [-0.39, 0.29) is 25.4 Å². The van der Waals surface area contributed by atoms with Crippen molar-refractivity contribution >= 4 is 0 Å². The highest BCUT2D eigenvalue weighted by atomic mass is 19.1. The minimum Gasteiger partial charge on any atom is -0.394 e. The topological polar surface area (TPSA) is 29.5 Å². The predicted molar refractivity (Wildman–Crippen MR) is 43.1 cm³/mol. The number of hydrogen-bond donors (Lipinski definition) is 1. The third-order valence-electron chi connectivity index (χ3n) is 1.51. The van der Waals surface area contributed by atoms with Crippen molar-refractivity contribution in [2.24, 2.45) is 0 Å². The van der Waals surface area contributed by atoms with Gasteiger partial charge in [0.1, 0.15) is 11.6 Å². The second-order valence-electron chi connectivity index (χ2n) is 2.51. The van der Waals surface area contributed by atoms with Gasteiger partial charge in [-0.2, -0.15) is 0 Å². The van der Waals surface area contributed by atoms with Gasteiger partial charge in [-0.1, -0.05) is 6.07 Å². The summed E-state index contributed by atoms with van der Waals surface area (Å²) < 4.78 is 30.2. The van der Waals surface area contributed by atoms with Gasteiger partial charge < -0.3 is 9.84 Å². The van der Waals surface area contributed by atoms with Crippen molar-refractivity contribution in [2.45, 2.75) is 6.61 Å². The Bertz CT molecular complexity index is 276. The molecule has 0 aliphatic heterocycles. The van der Waals surface area contributed by atoms with E-state index in [0.29, 0.717) is 0 Å². The summed E-state index contributed by atoms with van der Waals surface area (Å²) in [5.74, 6) is -1.23. The lowest BCUT2D eigenvalue weighted by atomic mass is 10.2. The second kappa shape index (κ2) is 4.89. The molecule has 0 amide bonds. The molecule has 13 heavy (non-hydrogen) atoms. The molecular formula is C9H10F2O2. The predicted octanol–water partition coefficient (Wildman–Crippen LogP) is 1.47. The molecule has 0 unspecified atom stereocenters. The van der Waals surface area contributed by atoms with Gasteiger partial charge in [0, 0.05) is 11.6 Å². The molecule has 2 nitrogen and oxygen atoms in total. The van der Waals surface area contributed by atoms with E-state index in [4.69, 9.17) is 9.84 Å². The van der Waals surface area contributed by atoms with Gasteiger partial charge in [0.15, 0.2) is 0 Å². The zero-order chi connectivity index (χ0) is 9.68. The molecule has 1 aromatic carbocycles. The Balaban J connectivity index is 2.56.